The van der Waals surface area contributed by atoms with Crippen molar-refractivity contribution in [3.8, 4) is 11.3 Å². The quantitative estimate of drug-likeness (QED) is 0.886. The number of aryl methyl sites for hydroxylation is 1. The topological polar surface area (TPSA) is 54.7 Å². The number of nitrogens with one attached hydrogen (secondary N) is 1. The van der Waals surface area contributed by atoms with Crippen molar-refractivity contribution in [3.63, 3.8) is 0 Å². The fourth-order valence-corrected chi connectivity index (χ4v) is 2.46. The maximum absolute atomic E-state index is 5.81. The molecule has 0 aliphatic carbocycles. The lowest BCUT2D eigenvalue weighted by atomic mass is 10.0. The van der Waals surface area contributed by atoms with Gasteiger partial charge in [-0.15, -0.1) is 0 Å². The van der Waals surface area contributed by atoms with Crippen molar-refractivity contribution in [2.45, 2.75) is 20.3 Å². The number of benzene rings is 1. The Morgan fingerprint density at radius 1 is 1.38 bits per heavy atom. The molecule has 0 spiro atoms. The van der Waals surface area contributed by atoms with Gasteiger partial charge in [-0.3, -0.25) is 5.10 Å². The maximum atomic E-state index is 5.81. The zero-order chi connectivity index (χ0) is 11.7. The molecule has 4 heteroatoms. The van der Waals surface area contributed by atoms with Gasteiger partial charge < -0.3 is 5.73 Å². The summed E-state index contributed by atoms with van der Waals surface area (Å²) in [4.78, 5) is 0. The van der Waals surface area contributed by atoms with Gasteiger partial charge in [-0.2, -0.15) is 5.10 Å². The van der Waals surface area contributed by atoms with Crippen LogP contribution in [0.5, 0.6) is 0 Å². The van der Waals surface area contributed by atoms with Gasteiger partial charge in [0.1, 0.15) is 5.82 Å². The normalized spacial score (nSPS) is 10.7. The van der Waals surface area contributed by atoms with Crippen LogP contribution in [-0.4, -0.2) is 10.2 Å². The van der Waals surface area contributed by atoms with Crippen molar-refractivity contribution in [3.05, 3.63) is 33.8 Å². The Morgan fingerprint density at radius 2 is 2.12 bits per heavy atom. The predicted octanol–water partition coefficient (Wildman–Crippen LogP) is 3.29. The third kappa shape index (κ3) is 1.97. The van der Waals surface area contributed by atoms with Gasteiger partial charge >= 0.3 is 0 Å². The molecule has 1 heterocycles. The van der Waals surface area contributed by atoms with Crippen molar-refractivity contribution in [1.29, 1.82) is 0 Å². The summed E-state index contributed by atoms with van der Waals surface area (Å²) in [6.07, 6.45) is 0.878. The number of rotatable bonds is 2. The van der Waals surface area contributed by atoms with E-state index in [0.29, 0.717) is 5.82 Å². The minimum absolute atomic E-state index is 0.593. The lowest BCUT2D eigenvalue weighted by Gasteiger charge is -2.04. The smallest absolute Gasteiger partial charge is 0.149 e. The van der Waals surface area contributed by atoms with Crippen LogP contribution in [0.15, 0.2) is 22.7 Å². The Bertz CT molecular complexity index is 497. The van der Waals surface area contributed by atoms with Gasteiger partial charge in [0.2, 0.25) is 0 Å². The van der Waals surface area contributed by atoms with Crippen molar-refractivity contribution in [2.24, 2.45) is 0 Å². The summed E-state index contributed by atoms with van der Waals surface area (Å²) in [5.74, 6) is 0.593. The summed E-state index contributed by atoms with van der Waals surface area (Å²) >= 11 is 3.50. The van der Waals surface area contributed by atoms with E-state index in [1.807, 2.05) is 0 Å². The average Bonchev–Trinajstić information content (AvgIpc) is 2.58. The van der Waals surface area contributed by atoms with E-state index in [0.717, 1.165) is 27.7 Å². The number of hydrogen-bond donors (Lipinski definition) is 2. The highest BCUT2D eigenvalue weighted by atomic mass is 79.9. The second kappa shape index (κ2) is 4.29. The van der Waals surface area contributed by atoms with Crippen LogP contribution in [0.4, 0.5) is 5.82 Å². The molecule has 0 amide bonds. The summed E-state index contributed by atoms with van der Waals surface area (Å²) < 4.78 is 1.07. The largest absolute Gasteiger partial charge is 0.382 e. The SMILES string of the molecule is CCc1c(N)n[nH]c1-c1cc(C)cc(Br)c1. The molecule has 0 saturated carbocycles. The lowest BCUT2D eigenvalue weighted by molar-refractivity contribution is 1.10. The fraction of sp³-hybridized carbons (Fsp3) is 0.250. The van der Waals surface area contributed by atoms with Crippen LogP contribution in [0, 0.1) is 6.92 Å². The first-order chi connectivity index (χ1) is 7.61. The molecule has 2 aromatic rings. The molecule has 16 heavy (non-hydrogen) atoms. The Morgan fingerprint density at radius 3 is 2.75 bits per heavy atom. The lowest BCUT2D eigenvalue weighted by Crippen LogP contribution is -1.91. The van der Waals surface area contributed by atoms with E-state index < -0.39 is 0 Å². The third-order valence-corrected chi connectivity index (χ3v) is 3.04. The molecular formula is C12H14BrN3. The Labute approximate surface area is 103 Å². The first-order valence-corrected chi connectivity index (χ1v) is 6.01. The number of nitrogen functional groups attached to an aromatic ring is 1. The van der Waals surface area contributed by atoms with Crippen molar-refractivity contribution >= 4 is 21.7 Å². The van der Waals surface area contributed by atoms with Gasteiger partial charge in [-0.25, -0.2) is 0 Å². The molecule has 0 bridgehead atoms. The second-order valence-corrected chi connectivity index (χ2v) is 4.75. The summed E-state index contributed by atoms with van der Waals surface area (Å²) in [7, 11) is 0. The molecule has 0 aliphatic rings. The van der Waals surface area contributed by atoms with Crippen LogP contribution in [0.1, 0.15) is 18.1 Å². The Hall–Kier alpha value is -1.29. The summed E-state index contributed by atoms with van der Waals surface area (Å²) in [6.45, 7) is 4.15. The minimum atomic E-state index is 0.593. The number of hydrogen-bond acceptors (Lipinski definition) is 2. The highest BCUT2D eigenvalue weighted by molar-refractivity contribution is 9.10. The highest BCUT2D eigenvalue weighted by Gasteiger charge is 2.11. The zero-order valence-corrected chi connectivity index (χ0v) is 10.9. The minimum Gasteiger partial charge on any atom is -0.382 e. The zero-order valence-electron chi connectivity index (χ0n) is 9.34. The van der Waals surface area contributed by atoms with Crippen LogP contribution in [0.2, 0.25) is 0 Å². The van der Waals surface area contributed by atoms with Crippen LogP contribution >= 0.6 is 15.9 Å². The molecule has 0 radical (unpaired) electrons. The monoisotopic (exact) mass is 279 g/mol. The molecular weight excluding hydrogens is 266 g/mol. The fourth-order valence-electron chi connectivity index (χ4n) is 1.86. The van der Waals surface area contributed by atoms with E-state index in [4.69, 9.17) is 5.73 Å². The summed E-state index contributed by atoms with van der Waals surface area (Å²) in [5.41, 5.74) is 10.2. The number of aromatic nitrogens is 2. The van der Waals surface area contributed by atoms with Crippen LogP contribution in [0.25, 0.3) is 11.3 Å². The molecule has 0 fully saturated rings. The van der Waals surface area contributed by atoms with Gasteiger partial charge in [-0.1, -0.05) is 22.9 Å². The number of nitrogens with two attached hydrogens (primary N) is 1. The Balaban J connectivity index is 2.58. The molecule has 3 nitrogen and oxygen atoms in total. The van der Waals surface area contributed by atoms with E-state index in [1.54, 1.807) is 0 Å². The van der Waals surface area contributed by atoms with Crippen LogP contribution < -0.4 is 5.73 Å². The highest BCUT2D eigenvalue weighted by Crippen LogP contribution is 2.28. The van der Waals surface area contributed by atoms with Gasteiger partial charge in [-0.05, 0) is 37.1 Å². The van der Waals surface area contributed by atoms with Gasteiger partial charge in [0, 0.05) is 15.6 Å². The van der Waals surface area contributed by atoms with Gasteiger partial charge in [0.25, 0.3) is 0 Å². The molecule has 0 saturated heterocycles. The van der Waals surface area contributed by atoms with Crippen molar-refractivity contribution in [1.82, 2.24) is 10.2 Å². The molecule has 84 valence electrons. The standard InChI is InChI=1S/C12H14BrN3/c1-3-10-11(15-16-12(10)14)8-4-7(2)5-9(13)6-8/h4-6H,3H2,1-2H3,(H3,14,15,16). The predicted molar refractivity (Wildman–Crippen MR) is 70.3 cm³/mol. The van der Waals surface area contributed by atoms with Gasteiger partial charge in [0.15, 0.2) is 0 Å². The molecule has 2 rings (SSSR count). The molecule has 1 aromatic heterocycles. The van der Waals surface area contributed by atoms with Gasteiger partial charge in [0.05, 0.1) is 5.69 Å². The molecule has 1 aromatic carbocycles. The number of nitrogens with zero attached hydrogens (tertiary/aromatic N) is 1. The first-order valence-electron chi connectivity index (χ1n) is 5.22. The average molecular weight is 280 g/mol. The summed E-state index contributed by atoms with van der Waals surface area (Å²) in [5, 5.41) is 7.06. The summed E-state index contributed by atoms with van der Waals surface area (Å²) in [6, 6.07) is 6.27. The van der Waals surface area contributed by atoms with E-state index in [1.165, 1.54) is 5.56 Å². The molecule has 0 atom stereocenters. The van der Waals surface area contributed by atoms with Crippen molar-refractivity contribution < 1.29 is 0 Å². The number of anilines is 1. The maximum Gasteiger partial charge on any atom is 0.149 e. The molecule has 0 unspecified atom stereocenters. The Kier molecular flexibility index (Phi) is 3.01. The molecule has 3 N–H and O–H groups in total. The van der Waals surface area contributed by atoms with E-state index in [2.05, 4.69) is 58.2 Å². The second-order valence-electron chi connectivity index (χ2n) is 3.83. The third-order valence-electron chi connectivity index (χ3n) is 2.58. The first kappa shape index (κ1) is 11.2. The molecule has 0 aliphatic heterocycles. The van der Waals surface area contributed by atoms with Crippen LogP contribution in [-0.2, 0) is 6.42 Å². The number of aromatic amines is 1. The number of H-pyrrole nitrogens is 1. The van der Waals surface area contributed by atoms with E-state index >= 15 is 0 Å². The van der Waals surface area contributed by atoms with Crippen LogP contribution in [0.3, 0.4) is 0 Å². The van der Waals surface area contributed by atoms with E-state index in [9.17, 15) is 0 Å². The van der Waals surface area contributed by atoms with E-state index in [-0.39, 0.29) is 0 Å². The van der Waals surface area contributed by atoms with Crippen molar-refractivity contribution in [2.75, 3.05) is 5.73 Å². The number of halogens is 1.